The highest BCUT2D eigenvalue weighted by molar-refractivity contribution is 14.0. The van der Waals surface area contributed by atoms with Gasteiger partial charge in [-0.15, -0.1) is 24.0 Å². The van der Waals surface area contributed by atoms with Crippen LogP contribution in [0.15, 0.2) is 57.9 Å². The van der Waals surface area contributed by atoms with Gasteiger partial charge in [-0.3, -0.25) is 0 Å². The summed E-state index contributed by atoms with van der Waals surface area (Å²) in [6.07, 6.45) is 0. The van der Waals surface area contributed by atoms with E-state index < -0.39 is 0 Å². The van der Waals surface area contributed by atoms with Gasteiger partial charge in [0.2, 0.25) is 0 Å². The smallest absolute Gasteiger partial charge is 0.193 e. The molecule has 0 aliphatic heterocycles. The predicted molar refractivity (Wildman–Crippen MR) is 110 cm³/mol. The fourth-order valence-electron chi connectivity index (χ4n) is 2.37. The first-order valence-corrected chi connectivity index (χ1v) is 7.46. The van der Waals surface area contributed by atoms with E-state index in [9.17, 15) is 0 Å². The van der Waals surface area contributed by atoms with E-state index in [-0.39, 0.29) is 29.9 Å². The number of ether oxygens (including phenoxy) is 2. The molecule has 3 aromatic rings. The number of benzene rings is 2. The van der Waals surface area contributed by atoms with Gasteiger partial charge in [0.15, 0.2) is 5.96 Å². The van der Waals surface area contributed by atoms with E-state index in [1.54, 1.807) is 26.4 Å². The lowest BCUT2D eigenvalue weighted by Crippen LogP contribution is -2.23. The summed E-state index contributed by atoms with van der Waals surface area (Å²) in [7, 11) is 3.19. The lowest BCUT2D eigenvalue weighted by molar-refractivity contribution is 0.405. The summed E-state index contributed by atoms with van der Waals surface area (Å²) in [5.74, 6) is 2.36. The Morgan fingerprint density at radius 2 is 1.92 bits per heavy atom. The molecule has 1 aromatic heterocycles. The maximum absolute atomic E-state index is 5.96. The molecule has 0 saturated heterocycles. The van der Waals surface area contributed by atoms with E-state index >= 15 is 0 Å². The first kappa shape index (κ1) is 18.9. The van der Waals surface area contributed by atoms with E-state index in [1.165, 1.54) is 0 Å². The summed E-state index contributed by atoms with van der Waals surface area (Å²) in [6.45, 7) is 0.347. The molecule has 0 aliphatic carbocycles. The number of nitrogens with zero attached hydrogens (tertiary/aromatic N) is 1. The highest BCUT2D eigenvalue weighted by atomic mass is 127. The zero-order valence-corrected chi connectivity index (χ0v) is 16.3. The number of hydrogen-bond acceptors (Lipinski definition) is 4. The topological polar surface area (TPSA) is 82.0 Å². The average molecular weight is 453 g/mol. The molecule has 0 amide bonds. The number of para-hydroxylation sites is 1. The number of guanidine groups is 1. The molecule has 0 aliphatic rings. The van der Waals surface area contributed by atoms with Crippen molar-refractivity contribution in [1.82, 2.24) is 0 Å². The highest BCUT2D eigenvalue weighted by Gasteiger charge is 2.07. The van der Waals surface area contributed by atoms with Crippen LogP contribution in [0.3, 0.4) is 0 Å². The third-order valence-electron chi connectivity index (χ3n) is 3.55. The third kappa shape index (κ3) is 4.56. The molecule has 0 atom stereocenters. The quantitative estimate of drug-likeness (QED) is 0.347. The molecule has 3 rings (SSSR count). The SMILES string of the molecule is COc1ccc(OC)c(NC(N)=NCc2cc3ccccc3o2)c1.I. The van der Waals surface area contributed by atoms with Crippen LogP contribution in [0.4, 0.5) is 5.69 Å². The van der Waals surface area contributed by atoms with E-state index in [0.717, 1.165) is 16.7 Å². The number of hydrogen-bond donors (Lipinski definition) is 2. The van der Waals surface area contributed by atoms with Crippen LogP contribution in [0.5, 0.6) is 11.5 Å². The molecule has 0 fully saturated rings. The lowest BCUT2D eigenvalue weighted by Gasteiger charge is -2.11. The minimum Gasteiger partial charge on any atom is -0.497 e. The first-order chi connectivity index (χ1) is 11.7. The molecular formula is C18H20IN3O3. The molecular weight excluding hydrogens is 433 g/mol. The van der Waals surface area contributed by atoms with E-state index in [1.807, 2.05) is 36.4 Å². The zero-order chi connectivity index (χ0) is 16.9. The van der Waals surface area contributed by atoms with Crippen molar-refractivity contribution >= 4 is 46.6 Å². The van der Waals surface area contributed by atoms with Crippen LogP contribution in [-0.2, 0) is 6.54 Å². The molecule has 0 bridgehead atoms. The molecule has 0 radical (unpaired) electrons. The van der Waals surface area contributed by atoms with E-state index in [0.29, 0.717) is 23.7 Å². The molecule has 7 heteroatoms. The number of fused-ring (bicyclic) bond motifs is 1. The van der Waals surface area contributed by atoms with Gasteiger partial charge in [0, 0.05) is 11.5 Å². The predicted octanol–water partition coefficient (Wildman–Crippen LogP) is 3.99. The Morgan fingerprint density at radius 3 is 2.64 bits per heavy atom. The van der Waals surface area contributed by atoms with Gasteiger partial charge < -0.3 is 24.9 Å². The molecule has 6 nitrogen and oxygen atoms in total. The number of halogens is 1. The Hall–Kier alpha value is -2.42. The molecule has 132 valence electrons. The molecule has 2 aromatic carbocycles. The monoisotopic (exact) mass is 453 g/mol. The van der Waals surface area contributed by atoms with Crippen molar-refractivity contribution in [2.45, 2.75) is 6.54 Å². The maximum atomic E-state index is 5.96. The third-order valence-corrected chi connectivity index (χ3v) is 3.55. The van der Waals surface area contributed by atoms with Crippen molar-refractivity contribution in [3.63, 3.8) is 0 Å². The molecule has 3 N–H and O–H groups in total. The van der Waals surface area contributed by atoms with Crippen LogP contribution in [-0.4, -0.2) is 20.2 Å². The molecule has 0 unspecified atom stereocenters. The number of furan rings is 1. The summed E-state index contributed by atoms with van der Waals surface area (Å²) >= 11 is 0. The van der Waals surface area contributed by atoms with Crippen molar-refractivity contribution < 1.29 is 13.9 Å². The first-order valence-electron chi connectivity index (χ1n) is 7.46. The van der Waals surface area contributed by atoms with Gasteiger partial charge in [0.1, 0.15) is 29.4 Å². The summed E-state index contributed by atoms with van der Waals surface area (Å²) in [6, 6.07) is 15.2. The van der Waals surface area contributed by atoms with Crippen molar-refractivity contribution in [3.8, 4) is 11.5 Å². The zero-order valence-electron chi connectivity index (χ0n) is 14.0. The maximum Gasteiger partial charge on any atom is 0.193 e. The van der Waals surface area contributed by atoms with Gasteiger partial charge in [0.05, 0.1) is 19.9 Å². The number of aliphatic imine (C=N–C) groups is 1. The molecule has 0 spiro atoms. The summed E-state index contributed by atoms with van der Waals surface area (Å²) in [5.41, 5.74) is 7.48. The molecule has 0 saturated carbocycles. The van der Waals surface area contributed by atoms with Crippen molar-refractivity contribution in [3.05, 3.63) is 54.3 Å². The average Bonchev–Trinajstić information content (AvgIpc) is 3.03. The Kier molecular flexibility index (Phi) is 6.51. The Balaban J connectivity index is 0.00000225. The molecule has 25 heavy (non-hydrogen) atoms. The fraction of sp³-hybridized carbons (Fsp3) is 0.167. The summed E-state index contributed by atoms with van der Waals surface area (Å²) in [4.78, 5) is 4.31. The Bertz CT molecular complexity index is 844. The fourth-order valence-corrected chi connectivity index (χ4v) is 2.37. The number of rotatable bonds is 5. The number of methoxy groups -OCH3 is 2. The van der Waals surface area contributed by atoms with Gasteiger partial charge in [-0.1, -0.05) is 18.2 Å². The summed E-state index contributed by atoms with van der Waals surface area (Å²) in [5, 5.41) is 4.07. The van der Waals surface area contributed by atoms with Gasteiger partial charge in [-0.05, 0) is 24.3 Å². The largest absolute Gasteiger partial charge is 0.497 e. The van der Waals surface area contributed by atoms with Crippen LogP contribution in [0.1, 0.15) is 5.76 Å². The van der Waals surface area contributed by atoms with Gasteiger partial charge in [-0.2, -0.15) is 0 Å². The Labute approximate surface area is 163 Å². The Morgan fingerprint density at radius 1 is 1.12 bits per heavy atom. The highest BCUT2D eigenvalue weighted by Crippen LogP contribution is 2.28. The van der Waals surface area contributed by atoms with Crippen molar-refractivity contribution in [1.29, 1.82) is 0 Å². The normalized spacial score (nSPS) is 11.0. The van der Waals surface area contributed by atoms with Gasteiger partial charge in [-0.25, -0.2) is 4.99 Å². The van der Waals surface area contributed by atoms with Crippen LogP contribution in [0.25, 0.3) is 11.0 Å². The second kappa shape index (κ2) is 8.61. The van der Waals surface area contributed by atoms with Crippen LogP contribution in [0.2, 0.25) is 0 Å². The van der Waals surface area contributed by atoms with E-state index in [2.05, 4.69) is 10.3 Å². The number of nitrogens with two attached hydrogens (primary N) is 1. The van der Waals surface area contributed by atoms with Crippen LogP contribution in [0, 0.1) is 0 Å². The number of anilines is 1. The van der Waals surface area contributed by atoms with Gasteiger partial charge in [0.25, 0.3) is 0 Å². The van der Waals surface area contributed by atoms with Crippen molar-refractivity contribution in [2.75, 3.05) is 19.5 Å². The minimum absolute atomic E-state index is 0. The number of nitrogens with one attached hydrogen (secondary N) is 1. The minimum atomic E-state index is 0. The van der Waals surface area contributed by atoms with Gasteiger partial charge >= 0.3 is 0 Å². The summed E-state index contributed by atoms with van der Waals surface area (Å²) < 4.78 is 16.2. The second-order valence-corrected chi connectivity index (χ2v) is 5.14. The van der Waals surface area contributed by atoms with E-state index in [4.69, 9.17) is 19.6 Å². The van der Waals surface area contributed by atoms with Crippen molar-refractivity contribution in [2.24, 2.45) is 10.7 Å². The molecule has 1 heterocycles. The second-order valence-electron chi connectivity index (χ2n) is 5.14. The van der Waals surface area contributed by atoms with Crippen LogP contribution < -0.4 is 20.5 Å². The standard InChI is InChI=1S/C18H19N3O3.HI/c1-22-13-7-8-17(23-2)15(10-13)21-18(19)20-11-14-9-12-5-3-4-6-16(12)24-14;/h3-10H,11H2,1-2H3,(H3,19,20,21);1H. The lowest BCUT2D eigenvalue weighted by atomic mass is 10.2. The van der Waals surface area contributed by atoms with Crippen LogP contribution >= 0.6 is 24.0 Å².